The first kappa shape index (κ1) is 19.4. The number of nitrogens with zero attached hydrogens (tertiary/aromatic N) is 4. The molecule has 0 unspecified atom stereocenters. The Labute approximate surface area is 163 Å². The highest BCUT2D eigenvalue weighted by atomic mass is 19.4. The molecule has 0 bridgehead atoms. The summed E-state index contributed by atoms with van der Waals surface area (Å²) in [6, 6.07) is 12.1. The minimum absolute atomic E-state index is 0.426. The van der Waals surface area contributed by atoms with Crippen LogP contribution in [0.1, 0.15) is 17.8 Å². The number of hydrogen-bond acceptors (Lipinski definition) is 4. The van der Waals surface area contributed by atoms with Gasteiger partial charge >= 0.3 is 6.18 Å². The van der Waals surface area contributed by atoms with Crippen LogP contribution in [0.4, 0.5) is 33.5 Å². The quantitative estimate of drug-likeness (QED) is 0.577. The molecule has 2 aromatic carbocycles. The second kappa shape index (κ2) is 7.46. The Hall–Kier alpha value is -2.97. The van der Waals surface area contributed by atoms with Crippen molar-refractivity contribution in [2.75, 3.05) is 36.0 Å². The average Bonchev–Trinajstić information content (AvgIpc) is 2.72. The van der Waals surface area contributed by atoms with Gasteiger partial charge in [-0.3, -0.25) is 0 Å². The van der Waals surface area contributed by atoms with Crippen LogP contribution < -0.4 is 9.80 Å². The van der Waals surface area contributed by atoms with Crippen LogP contribution in [0, 0.1) is 0 Å². The molecule has 152 valence electrons. The van der Waals surface area contributed by atoms with E-state index < -0.39 is 24.0 Å². The molecule has 0 spiro atoms. The van der Waals surface area contributed by atoms with Gasteiger partial charge in [-0.2, -0.15) is 13.2 Å². The lowest BCUT2D eigenvalue weighted by Gasteiger charge is -2.37. The Kier molecular flexibility index (Phi) is 4.97. The summed E-state index contributed by atoms with van der Waals surface area (Å²) in [6.45, 7) is 1.78. The lowest BCUT2D eigenvalue weighted by Crippen LogP contribution is -2.47. The largest absolute Gasteiger partial charge is 0.416 e. The van der Waals surface area contributed by atoms with E-state index in [1.54, 1.807) is 30.3 Å². The van der Waals surface area contributed by atoms with Crippen molar-refractivity contribution in [2.24, 2.45) is 0 Å². The van der Waals surface area contributed by atoms with E-state index in [1.807, 2.05) is 9.80 Å². The topological polar surface area (TPSA) is 32.3 Å². The van der Waals surface area contributed by atoms with Crippen LogP contribution in [-0.4, -0.2) is 36.1 Å². The van der Waals surface area contributed by atoms with Crippen LogP contribution in [0.25, 0.3) is 10.9 Å². The zero-order valence-electron chi connectivity index (χ0n) is 15.2. The molecule has 0 saturated carbocycles. The molecule has 1 aromatic heterocycles. The van der Waals surface area contributed by atoms with E-state index in [0.29, 0.717) is 48.6 Å². The third kappa shape index (κ3) is 3.94. The Morgan fingerprint density at radius 1 is 0.828 bits per heavy atom. The van der Waals surface area contributed by atoms with Crippen molar-refractivity contribution in [1.82, 2.24) is 9.97 Å². The van der Waals surface area contributed by atoms with Crippen LogP contribution in [0.3, 0.4) is 0 Å². The molecule has 0 N–H and O–H groups in total. The first-order valence-electron chi connectivity index (χ1n) is 9.05. The number of benzene rings is 2. The van der Waals surface area contributed by atoms with Gasteiger partial charge in [-0.25, -0.2) is 18.7 Å². The van der Waals surface area contributed by atoms with Crippen molar-refractivity contribution in [2.45, 2.75) is 12.6 Å². The van der Waals surface area contributed by atoms with Gasteiger partial charge < -0.3 is 9.80 Å². The number of rotatable bonds is 3. The zero-order chi connectivity index (χ0) is 20.6. The third-order valence-electron chi connectivity index (χ3n) is 4.91. The number of halogens is 5. The Bertz CT molecular complexity index is 1010. The van der Waals surface area contributed by atoms with Crippen LogP contribution in [0.15, 0.2) is 48.5 Å². The molecule has 1 aliphatic heterocycles. The van der Waals surface area contributed by atoms with E-state index in [0.717, 1.165) is 12.1 Å². The standard InChI is InChI=1S/C20H17F5N4/c21-17(22)18-26-16-7-2-1-6-15(16)19(27-18)29-10-8-28(9-11-29)14-5-3-4-13(12-14)20(23,24)25/h1-7,12,17H,8-11H2. The highest BCUT2D eigenvalue weighted by Crippen LogP contribution is 2.33. The minimum atomic E-state index is -4.40. The van der Waals surface area contributed by atoms with Crippen LogP contribution in [0.2, 0.25) is 0 Å². The highest BCUT2D eigenvalue weighted by molar-refractivity contribution is 5.89. The second-order valence-electron chi connectivity index (χ2n) is 6.75. The highest BCUT2D eigenvalue weighted by Gasteiger charge is 2.31. The van der Waals surface area contributed by atoms with Crippen LogP contribution >= 0.6 is 0 Å². The summed E-state index contributed by atoms with van der Waals surface area (Å²) in [7, 11) is 0. The number of alkyl halides is 5. The van der Waals surface area contributed by atoms with Crippen molar-refractivity contribution < 1.29 is 22.0 Å². The lowest BCUT2D eigenvalue weighted by molar-refractivity contribution is -0.137. The van der Waals surface area contributed by atoms with E-state index in [9.17, 15) is 22.0 Å². The van der Waals surface area contributed by atoms with E-state index in [-0.39, 0.29) is 0 Å². The van der Waals surface area contributed by atoms with E-state index in [2.05, 4.69) is 9.97 Å². The molecular weight excluding hydrogens is 391 g/mol. The smallest absolute Gasteiger partial charge is 0.368 e. The molecule has 0 aliphatic carbocycles. The monoisotopic (exact) mass is 408 g/mol. The molecule has 29 heavy (non-hydrogen) atoms. The molecule has 1 aliphatic rings. The van der Waals surface area contributed by atoms with Gasteiger partial charge in [-0.15, -0.1) is 0 Å². The molecule has 9 heteroatoms. The normalized spacial score (nSPS) is 15.4. The van der Waals surface area contributed by atoms with Crippen molar-refractivity contribution in [1.29, 1.82) is 0 Å². The fourth-order valence-electron chi connectivity index (χ4n) is 3.47. The summed E-state index contributed by atoms with van der Waals surface area (Å²) in [4.78, 5) is 11.7. The molecular formula is C20H17F5N4. The van der Waals surface area contributed by atoms with Crippen LogP contribution in [-0.2, 0) is 6.18 Å². The summed E-state index contributed by atoms with van der Waals surface area (Å²) in [5, 5.41) is 0.671. The molecule has 1 saturated heterocycles. The van der Waals surface area contributed by atoms with E-state index in [1.165, 1.54) is 6.07 Å². The fraction of sp³-hybridized carbons (Fsp3) is 0.300. The number of aromatic nitrogens is 2. The predicted octanol–water partition coefficient (Wildman–Crippen LogP) is 4.91. The molecule has 1 fully saturated rings. The maximum absolute atomic E-state index is 13.2. The number of piperazine rings is 1. The minimum Gasteiger partial charge on any atom is -0.368 e. The first-order chi connectivity index (χ1) is 13.8. The summed E-state index contributed by atoms with van der Waals surface area (Å²) in [5.74, 6) is -0.103. The van der Waals surface area contributed by atoms with Crippen molar-refractivity contribution in [3.63, 3.8) is 0 Å². The van der Waals surface area contributed by atoms with Gasteiger partial charge in [0.15, 0.2) is 5.82 Å². The number of para-hydroxylation sites is 1. The van der Waals surface area contributed by atoms with Crippen molar-refractivity contribution in [3.05, 3.63) is 59.9 Å². The van der Waals surface area contributed by atoms with Crippen molar-refractivity contribution >= 4 is 22.4 Å². The second-order valence-corrected chi connectivity index (χ2v) is 6.75. The zero-order valence-corrected chi connectivity index (χ0v) is 15.2. The predicted molar refractivity (Wildman–Crippen MR) is 100 cm³/mol. The van der Waals surface area contributed by atoms with E-state index in [4.69, 9.17) is 0 Å². The number of anilines is 2. The lowest BCUT2D eigenvalue weighted by atomic mass is 10.1. The van der Waals surface area contributed by atoms with Gasteiger partial charge in [0, 0.05) is 37.3 Å². The molecule has 0 amide bonds. The van der Waals surface area contributed by atoms with Gasteiger partial charge in [0.25, 0.3) is 6.43 Å². The fourth-order valence-corrected chi connectivity index (χ4v) is 3.47. The molecule has 4 rings (SSSR count). The third-order valence-corrected chi connectivity index (χ3v) is 4.91. The van der Waals surface area contributed by atoms with Gasteiger partial charge in [0.2, 0.25) is 0 Å². The van der Waals surface area contributed by atoms with E-state index >= 15 is 0 Å². The average molecular weight is 408 g/mol. The van der Waals surface area contributed by atoms with Gasteiger partial charge in [0.05, 0.1) is 11.1 Å². The Morgan fingerprint density at radius 2 is 1.52 bits per heavy atom. The maximum atomic E-state index is 13.2. The molecule has 4 nitrogen and oxygen atoms in total. The van der Waals surface area contributed by atoms with Gasteiger partial charge in [-0.1, -0.05) is 18.2 Å². The molecule has 0 radical (unpaired) electrons. The SMILES string of the molecule is FC(F)c1nc(N2CCN(c3cccc(C(F)(F)F)c3)CC2)c2ccccc2n1. The van der Waals surface area contributed by atoms with Gasteiger partial charge in [0.1, 0.15) is 5.82 Å². The number of hydrogen-bond donors (Lipinski definition) is 0. The first-order valence-corrected chi connectivity index (χ1v) is 9.05. The molecule has 2 heterocycles. The van der Waals surface area contributed by atoms with Crippen molar-refractivity contribution in [3.8, 4) is 0 Å². The number of fused-ring (bicyclic) bond motifs is 1. The Balaban J connectivity index is 1.58. The van der Waals surface area contributed by atoms with Gasteiger partial charge in [-0.05, 0) is 30.3 Å². The summed E-state index contributed by atoms with van der Waals surface area (Å²) >= 11 is 0. The Morgan fingerprint density at radius 3 is 2.21 bits per heavy atom. The molecule has 3 aromatic rings. The molecule has 0 atom stereocenters. The van der Waals surface area contributed by atoms with Crippen LogP contribution in [0.5, 0.6) is 0 Å². The summed E-state index contributed by atoms with van der Waals surface area (Å²) in [5.41, 5.74) is 0.231. The summed E-state index contributed by atoms with van der Waals surface area (Å²) < 4.78 is 65.3. The summed E-state index contributed by atoms with van der Waals surface area (Å²) in [6.07, 6.45) is -7.19. The maximum Gasteiger partial charge on any atom is 0.416 e.